The monoisotopic (exact) mass is 211 g/mol. The molecule has 0 aliphatic carbocycles. The van der Waals surface area contributed by atoms with Gasteiger partial charge in [-0.25, -0.2) is 0 Å². The van der Waals surface area contributed by atoms with E-state index in [1.54, 1.807) is 6.92 Å². The van der Waals surface area contributed by atoms with Crippen LogP contribution in [0.15, 0.2) is 18.2 Å². The molecule has 0 aromatic heterocycles. The Morgan fingerprint density at radius 1 is 1.57 bits per heavy atom. The van der Waals surface area contributed by atoms with Crippen molar-refractivity contribution in [2.75, 3.05) is 5.32 Å². The summed E-state index contributed by atoms with van der Waals surface area (Å²) < 4.78 is 5.39. The number of rotatable bonds is 1. The standard InChI is InChI=1S/C10H10ClNO2/c1-6-10(13)12-8-4-7(5-11)2-3-9(8)14-6/h2-4,6H,5H2,1H3,(H,12,13). The highest BCUT2D eigenvalue weighted by molar-refractivity contribution is 6.17. The van der Waals surface area contributed by atoms with Crippen LogP contribution in [-0.4, -0.2) is 12.0 Å². The Kier molecular flexibility index (Phi) is 2.33. The van der Waals surface area contributed by atoms with Crippen LogP contribution in [0.5, 0.6) is 5.75 Å². The third-order valence-electron chi connectivity index (χ3n) is 2.13. The van der Waals surface area contributed by atoms with Crippen LogP contribution in [0.2, 0.25) is 0 Å². The Bertz CT molecular complexity index is 378. The van der Waals surface area contributed by atoms with E-state index in [0.717, 1.165) is 5.56 Å². The van der Waals surface area contributed by atoms with Crippen molar-refractivity contribution < 1.29 is 9.53 Å². The number of benzene rings is 1. The van der Waals surface area contributed by atoms with Crippen molar-refractivity contribution in [2.45, 2.75) is 18.9 Å². The normalized spacial score (nSPS) is 19.6. The van der Waals surface area contributed by atoms with E-state index in [2.05, 4.69) is 5.32 Å². The van der Waals surface area contributed by atoms with Crippen LogP contribution < -0.4 is 10.1 Å². The Morgan fingerprint density at radius 3 is 3.07 bits per heavy atom. The number of hydrogen-bond acceptors (Lipinski definition) is 2. The molecule has 1 heterocycles. The molecular weight excluding hydrogens is 202 g/mol. The molecule has 1 unspecified atom stereocenters. The minimum absolute atomic E-state index is 0.121. The zero-order valence-electron chi connectivity index (χ0n) is 7.71. The number of halogens is 1. The minimum Gasteiger partial charge on any atom is -0.479 e. The number of fused-ring (bicyclic) bond motifs is 1. The van der Waals surface area contributed by atoms with Crippen LogP contribution in [0, 0.1) is 0 Å². The molecule has 1 aliphatic rings. The molecule has 2 rings (SSSR count). The molecule has 0 fully saturated rings. The zero-order valence-corrected chi connectivity index (χ0v) is 8.47. The molecule has 0 spiro atoms. The maximum absolute atomic E-state index is 11.3. The number of nitrogens with one attached hydrogen (secondary N) is 1. The van der Waals surface area contributed by atoms with E-state index < -0.39 is 6.10 Å². The Labute approximate surface area is 87.0 Å². The molecule has 0 saturated heterocycles. The Balaban J connectivity index is 2.37. The fourth-order valence-corrected chi connectivity index (χ4v) is 1.51. The van der Waals surface area contributed by atoms with Gasteiger partial charge in [-0.05, 0) is 24.6 Å². The minimum atomic E-state index is -0.427. The maximum Gasteiger partial charge on any atom is 0.265 e. The first-order valence-corrected chi connectivity index (χ1v) is 4.90. The lowest BCUT2D eigenvalue weighted by Crippen LogP contribution is -2.34. The lowest BCUT2D eigenvalue weighted by molar-refractivity contribution is -0.122. The second kappa shape index (κ2) is 3.50. The first-order valence-electron chi connectivity index (χ1n) is 4.37. The van der Waals surface area contributed by atoms with Gasteiger partial charge in [0.25, 0.3) is 5.91 Å². The lowest BCUT2D eigenvalue weighted by atomic mass is 10.1. The summed E-state index contributed by atoms with van der Waals surface area (Å²) in [6.07, 6.45) is -0.427. The van der Waals surface area contributed by atoms with Gasteiger partial charge in [-0.15, -0.1) is 11.6 Å². The molecule has 1 amide bonds. The third-order valence-corrected chi connectivity index (χ3v) is 2.44. The van der Waals surface area contributed by atoms with Crippen molar-refractivity contribution in [3.63, 3.8) is 0 Å². The first-order chi connectivity index (χ1) is 6.70. The SMILES string of the molecule is CC1Oc2ccc(CCl)cc2NC1=O. The van der Waals surface area contributed by atoms with Crippen molar-refractivity contribution >= 4 is 23.2 Å². The van der Waals surface area contributed by atoms with Crippen LogP contribution in [0.4, 0.5) is 5.69 Å². The molecule has 0 bridgehead atoms. The Morgan fingerprint density at radius 2 is 2.36 bits per heavy atom. The zero-order chi connectivity index (χ0) is 10.1. The number of anilines is 1. The number of amides is 1. The number of ether oxygens (including phenoxy) is 1. The smallest absolute Gasteiger partial charge is 0.265 e. The molecule has 0 saturated carbocycles. The van der Waals surface area contributed by atoms with Crippen molar-refractivity contribution in [1.82, 2.24) is 0 Å². The van der Waals surface area contributed by atoms with Gasteiger partial charge in [0.15, 0.2) is 6.10 Å². The second-order valence-electron chi connectivity index (χ2n) is 3.21. The topological polar surface area (TPSA) is 38.3 Å². The summed E-state index contributed by atoms with van der Waals surface area (Å²) in [5.74, 6) is 1.01. The van der Waals surface area contributed by atoms with Crippen LogP contribution in [0.3, 0.4) is 0 Å². The molecular formula is C10H10ClNO2. The van der Waals surface area contributed by atoms with E-state index in [1.165, 1.54) is 0 Å². The van der Waals surface area contributed by atoms with Crippen molar-refractivity contribution in [3.05, 3.63) is 23.8 Å². The molecule has 74 valence electrons. The van der Waals surface area contributed by atoms with Crippen molar-refractivity contribution in [3.8, 4) is 5.75 Å². The van der Waals surface area contributed by atoms with E-state index in [9.17, 15) is 4.79 Å². The third kappa shape index (κ3) is 1.55. The van der Waals surface area contributed by atoms with Gasteiger partial charge in [0.05, 0.1) is 5.69 Å². The van der Waals surface area contributed by atoms with Gasteiger partial charge >= 0.3 is 0 Å². The quantitative estimate of drug-likeness (QED) is 0.723. The molecule has 1 atom stereocenters. The number of hydrogen-bond donors (Lipinski definition) is 1. The van der Waals surface area contributed by atoms with Gasteiger partial charge in [-0.1, -0.05) is 6.07 Å². The summed E-state index contributed by atoms with van der Waals surface area (Å²) in [6.45, 7) is 1.72. The maximum atomic E-state index is 11.3. The molecule has 1 aromatic carbocycles. The van der Waals surface area contributed by atoms with Gasteiger partial charge in [-0.2, -0.15) is 0 Å². The van der Waals surface area contributed by atoms with Gasteiger partial charge in [-0.3, -0.25) is 4.79 Å². The van der Waals surface area contributed by atoms with Crippen LogP contribution in [-0.2, 0) is 10.7 Å². The van der Waals surface area contributed by atoms with E-state index in [-0.39, 0.29) is 5.91 Å². The number of carbonyl (C=O) groups is 1. The highest BCUT2D eigenvalue weighted by atomic mass is 35.5. The summed E-state index contributed by atoms with van der Waals surface area (Å²) in [6, 6.07) is 5.53. The Hall–Kier alpha value is -1.22. The van der Waals surface area contributed by atoms with Crippen LogP contribution >= 0.6 is 11.6 Å². The molecule has 1 N–H and O–H groups in total. The van der Waals surface area contributed by atoms with E-state index >= 15 is 0 Å². The van der Waals surface area contributed by atoms with E-state index in [0.29, 0.717) is 17.3 Å². The van der Waals surface area contributed by atoms with Gasteiger partial charge in [0.1, 0.15) is 5.75 Å². The average Bonchev–Trinajstić information content (AvgIpc) is 2.19. The largest absolute Gasteiger partial charge is 0.479 e. The molecule has 14 heavy (non-hydrogen) atoms. The van der Waals surface area contributed by atoms with Crippen LogP contribution in [0.1, 0.15) is 12.5 Å². The fraction of sp³-hybridized carbons (Fsp3) is 0.300. The van der Waals surface area contributed by atoms with E-state index in [1.807, 2.05) is 18.2 Å². The summed E-state index contributed by atoms with van der Waals surface area (Å²) >= 11 is 5.68. The summed E-state index contributed by atoms with van der Waals surface area (Å²) in [5, 5.41) is 2.76. The highest BCUT2D eigenvalue weighted by Crippen LogP contribution is 2.30. The second-order valence-corrected chi connectivity index (χ2v) is 3.48. The predicted molar refractivity (Wildman–Crippen MR) is 54.7 cm³/mol. The average molecular weight is 212 g/mol. The lowest BCUT2D eigenvalue weighted by Gasteiger charge is -2.23. The first kappa shape index (κ1) is 9.34. The molecule has 1 aromatic rings. The van der Waals surface area contributed by atoms with Crippen molar-refractivity contribution in [1.29, 1.82) is 0 Å². The fourth-order valence-electron chi connectivity index (χ4n) is 1.34. The molecule has 4 heteroatoms. The molecule has 0 radical (unpaired) electrons. The van der Waals surface area contributed by atoms with Gasteiger partial charge in [0.2, 0.25) is 0 Å². The van der Waals surface area contributed by atoms with Gasteiger partial charge < -0.3 is 10.1 Å². The molecule has 1 aliphatic heterocycles. The predicted octanol–water partition coefficient (Wildman–Crippen LogP) is 2.14. The van der Waals surface area contributed by atoms with E-state index in [4.69, 9.17) is 16.3 Å². The highest BCUT2D eigenvalue weighted by Gasteiger charge is 2.23. The number of carbonyl (C=O) groups excluding carboxylic acids is 1. The molecule has 3 nitrogen and oxygen atoms in total. The number of alkyl halides is 1. The van der Waals surface area contributed by atoms with Gasteiger partial charge in [0, 0.05) is 5.88 Å². The van der Waals surface area contributed by atoms with Crippen molar-refractivity contribution in [2.24, 2.45) is 0 Å². The summed E-state index contributed by atoms with van der Waals surface area (Å²) in [7, 11) is 0. The summed E-state index contributed by atoms with van der Waals surface area (Å²) in [4.78, 5) is 11.3. The summed E-state index contributed by atoms with van der Waals surface area (Å²) in [5.41, 5.74) is 1.66. The van der Waals surface area contributed by atoms with Crippen LogP contribution in [0.25, 0.3) is 0 Å².